The first-order valence-electron chi connectivity index (χ1n) is 7.92. The van der Waals surface area contributed by atoms with Gasteiger partial charge in [0.25, 0.3) is 11.8 Å². The summed E-state index contributed by atoms with van der Waals surface area (Å²) >= 11 is 0. The summed E-state index contributed by atoms with van der Waals surface area (Å²) in [4.78, 5) is 33.6. The smallest absolute Gasteiger partial charge is 0.316 e. The van der Waals surface area contributed by atoms with E-state index in [0.717, 1.165) is 0 Å². The zero-order valence-corrected chi connectivity index (χ0v) is 14.3. The summed E-state index contributed by atoms with van der Waals surface area (Å²) in [5, 5.41) is 6.32. The van der Waals surface area contributed by atoms with Gasteiger partial charge in [-0.15, -0.1) is 0 Å². The van der Waals surface area contributed by atoms with E-state index in [2.05, 4.69) is 10.4 Å². The number of carbonyl (C=O) groups is 3. The van der Waals surface area contributed by atoms with Crippen LogP contribution in [0.4, 0.5) is 14.9 Å². The van der Waals surface area contributed by atoms with E-state index in [1.54, 1.807) is 30.3 Å². The van der Waals surface area contributed by atoms with Gasteiger partial charge in [-0.05, 0) is 35.4 Å². The highest BCUT2D eigenvalue weighted by Crippen LogP contribution is 2.24. The highest BCUT2D eigenvalue weighted by Gasteiger charge is 2.16. The fourth-order valence-electron chi connectivity index (χ4n) is 2.61. The number of nitrogens with zero attached hydrogens (tertiary/aromatic N) is 2. The van der Waals surface area contributed by atoms with Crippen molar-refractivity contribution in [2.24, 2.45) is 17.2 Å². The monoisotopic (exact) mass is 382 g/mol. The largest absolute Gasteiger partial charge is 0.366 e. The number of amides is 4. The number of nitrogens with two attached hydrogens (primary N) is 3. The lowest BCUT2D eigenvalue weighted by Gasteiger charge is -2.06. The van der Waals surface area contributed by atoms with Crippen molar-refractivity contribution in [2.75, 3.05) is 5.32 Å². The maximum Gasteiger partial charge on any atom is 0.316 e. The minimum atomic E-state index is -0.862. The van der Waals surface area contributed by atoms with Crippen molar-refractivity contribution >= 4 is 23.5 Å². The van der Waals surface area contributed by atoms with Gasteiger partial charge in [0.05, 0.1) is 23.1 Å². The third-order valence-electron chi connectivity index (χ3n) is 3.91. The molecule has 142 valence electrons. The molecule has 0 atom stereocenters. The van der Waals surface area contributed by atoms with E-state index >= 15 is 0 Å². The molecule has 0 aliphatic rings. The number of nitrogens with one attached hydrogen (secondary N) is 1. The molecule has 4 amide bonds. The molecule has 7 N–H and O–H groups in total. The van der Waals surface area contributed by atoms with Crippen molar-refractivity contribution < 1.29 is 18.8 Å². The molecule has 0 saturated carbocycles. The van der Waals surface area contributed by atoms with Gasteiger partial charge in [0, 0.05) is 0 Å². The lowest BCUT2D eigenvalue weighted by molar-refractivity contribution is 0.0987. The number of hydrogen-bond acceptors (Lipinski definition) is 4. The third-order valence-corrected chi connectivity index (χ3v) is 3.91. The molecule has 9 nitrogen and oxygen atoms in total. The molecule has 0 bridgehead atoms. The molecule has 28 heavy (non-hydrogen) atoms. The van der Waals surface area contributed by atoms with Gasteiger partial charge >= 0.3 is 6.03 Å². The summed E-state index contributed by atoms with van der Waals surface area (Å²) in [6, 6.07) is 9.97. The Kier molecular flexibility index (Phi) is 4.77. The summed E-state index contributed by atoms with van der Waals surface area (Å²) in [5.41, 5.74) is 16.9. The molecule has 1 aromatic heterocycles. The van der Waals surface area contributed by atoms with Crippen molar-refractivity contribution in [1.82, 2.24) is 9.78 Å². The fraction of sp³-hybridized carbons (Fsp3) is 0. The van der Waals surface area contributed by atoms with E-state index in [-0.39, 0.29) is 16.9 Å². The highest BCUT2D eigenvalue weighted by atomic mass is 19.1. The van der Waals surface area contributed by atoms with Crippen LogP contribution >= 0.6 is 0 Å². The number of urea groups is 1. The Labute approximate surface area is 157 Å². The molecule has 0 aliphatic carbocycles. The molecular weight excluding hydrogens is 367 g/mol. The number of benzene rings is 2. The van der Waals surface area contributed by atoms with E-state index < -0.39 is 23.7 Å². The second kappa shape index (κ2) is 7.19. The third kappa shape index (κ3) is 3.65. The van der Waals surface area contributed by atoms with Crippen LogP contribution in [-0.4, -0.2) is 27.6 Å². The van der Waals surface area contributed by atoms with Crippen molar-refractivity contribution in [1.29, 1.82) is 0 Å². The molecule has 10 heteroatoms. The Morgan fingerprint density at radius 3 is 2.11 bits per heavy atom. The summed E-state index contributed by atoms with van der Waals surface area (Å²) < 4.78 is 15.3. The molecular formula is C18H15FN6O3. The number of hydrogen-bond donors (Lipinski definition) is 4. The Bertz CT molecular complexity index is 1090. The predicted molar refractivity (Wildman–Crippen MR) is 99.2 cm³/mol. The standard InChI is InChI=1S/C18H15FN6O3/c19-13-7-10(3-6-12(13)16(20)26)9-1-4-11(5-2-9)25-8-14(23-18(22)28)15(24-25)17(21)27/h1-8H,(H2,20,26)(H2,21,27)(H3,22,23,28). The Morgan fingerprint density at radius 2 is 1.57 bits per heavy atom. The SMILES string of the molecule is NC(=O)Nc1cn(-c2ccc(-c3ccc(C(N)=O)c(F)c3)cc2)nc1C(N)=O. The van der Waals surface area contributed by atoms with Crippen LogP contribution in [0.15, 0.2) is 48.7 Å². The first-order valence-corrected chi connectivity index (χ1v) is 7.92. The van der Waals surface area contributed by atoms with Crippen LogP contribution in [0.1, 0.15) is 20.8 Å². The van der Waals surface area contributed by atoms with Gasteiger partial charge in [-0.3, -0.25) is 9.59 Å². The van der Waals surface area contributed by atoms with Gasteiger partial charge in [0.15, 0.2) is 5.69 Å². The van der Waals surface area contributed by atoms with Crippen molar-refractivity contribution in [3.8, 4) is 16.8 Å². The molecule has 0 aliphatic heterocycles. The number of halogens is 1. The minimum Gasteiger partial charge on any atom is -0.366 e. The highest BCUT2D eigenvalue weighted by molar-refractivity contribution is 6.00. The first kappa shape index (κ1) is 18.6. The van der Waals surface area contributed by atoms with Gasteiger partial charge in [-0.25, -0.2) is 13.9 Å². The number of carbonyl (C=O) groups excluding carboxylic acids is 3. The van der Waals surface area contributed by atoms with Crippen molar-refractivity contribution in [3.63, 3.8) is 0 Å². The molecule has 3 aromatic rings. The van der Waals surface area contributed by atoms with E-state index in [0.29, 0.717) is 16.8 Å². The molecule has 0 saturated heterocycles. The molecule has 3 rings (SSSR count). The lowest BCUT2D eigenvalue weighted by Crippen LogP contribution is -2.22. The number of rotatable bonds is 5. The van der Waals surface area contributed by atoms with E-state index in [9.17, 15) is 18.8 Å². The molecule has 0 fully saturated rings. The Hall–Kier alpha value is -4.21. The maximum absolute atomic E-state index is 14.0. The summed E-state index contributed by atoms with van der Waals surface area (Å²) in [6.45, 7) is 0. The van der Waals surface area contributed by atoms with Gasteiger partial charge in [-0.2, -0.15) is 5.10 Å². The number of primary amides is 3. The predicted octanol–water partition coefficient (Wildman–Crippen LogP) is 1.37. The van der Waals surface area contributed by atoms with Crippen LogP contribution in [0.25, 0.3) is 16.8 Å². The lowest BCUT2D eigenvalue weighted by atomic mass is 10.0. The number of anilines is 1. The molecule has 0 spiro atoms. The van der Waals surface area contributed by atoms with Crippen LogP contribution in [0.3, 0.4) is 0 Å². The van der Waals surface area contributed by atoms with Gasteiger partial charge in [-0.1, -0.05) is 18.2 Å². The number of aromatic nitrogens is 2. The molecule has 1 heterocycles. The second-order valence-corrected chi connectivity index (χ2v) is 5.80. The Morgan fingerprint density at radius 1 is 0.929 bits per heavy atom. The minimum absolute atomic E-state index is 0.0770. The summed E-state index contributed by atoms with van der Waals surface area (Å²) in [7, 11) is 0. The molecule has 2 aromatic carbocycles. The van der Waals surface area contributed by atoms with E-state index in [1.807, 2.05) is 0 Å². The van der Waals surface area contributed by atoms with Crippen LogP contribution < -0.4 is 22.5 Å². The van der Waals surface area contributed by atoms with E-state index in [1.165, 1.54) is 23.0 Å². The van der Waals surface area contributed by atoms with Crippen LogP contribution in [-0.2, 0) is 0 Å². The normalized spacial score (nSPS) is 10.5. The first-order chi connectivity index (χ1) is 13.3. The second-order valence-electron chi connectivity index (χ2n) is 5.80. The zero-order chi connectivity index (χ0) is 20.4. The topological polar surface area (TPSA) is 159 Å². The maximum atomic E-state index is 14.0. The zero-order valence-electron chi connectivity index (χ0n) is 14.3. The average molecular weight is 382 g/mol. The van der Waals surface area contributed by atoms with Gasteiger partial charge < -0.3 is 22.5 Å². The van der Waals surface area contributed by atoms with Crippen molar-refractivity contribution in [3.05, 3.63) is 65.7 Å². The molecule has 0 radical (unpaired) electrons. The quantitative estimate of drug-likeness (QED) is 0.525. The molecule has 0 unspecified atom stereocenters. The van der Waals surface area contributed by atoms with Crippen molar-refractivity contribution in [2.45, 2.75) is 0 Å². The Balaban J connectivity index is 1.93. The van der Waals surface area contributed by atoms with Gasteiger partial charge in [0.2, 0.25) is 0 Å². The average Bonchev–Trinajstić information content (AvgIpc) is 3.05. The van der Waals surface area contributed by atoms with Gasteiger partial charge in [0.1, 0.15) is 5.82 Å². The van der Waals surface area contributed by atoms with Crippen LogP contribution in [0.5, 0.6) is 0 Å². The summed E-state index contributed by atoms with van der Waals surface area (Å²) in [5.74, 6) is -2.39. The van der Waals surface area contributed by atoms with Crippen LogP contribution in [0, 0.1) is 5.82 Å². The van der Waals surface area contributed by atoms with Crippen LogP contribution in [0.2, 0.25) is 0 Å². The van der Waals surface area contributed by atoms with E-state index in [4.69, 9.17) is 17.2 Å². The fourth-order valence-corrected chi connectivity index (χ4v) is 2.61. The summed E-state index contributed by atoms with van der Waals surface area (Å²) in [6.07, 6.45) is 1.39.